The Hall–Kier alpha value is -0.450. The monoisotopic (exact) mass is 328 g/mol. The summed E-state index contributed by atoms with van der Waals surface area (Å²) in [5.74, 6) is -0.192. The molecule has 0 aliphatic heterocycles. The van der Waals surface area contributed by atoms with Crippen LogP contribution in [0.5, 0.6) is 0 Å². The van der Waals surface area contributed by atoms with Crippen LogP contribution in [0.25, 0.3) is 0 Å². The van der Waals surface area contributed by atoms with Gasteiger partial charge in [-0.3, -0.25) is 0 Å². The highest BCUT2D eigenvalue weighted by Crippen LogP contribution is 2.33. The second-order valence-electron chi connectivity index (χ2n) is 5.64. The number of hydrogen-bond acceptors (Lipinski definition) is 2. The molecule has 1 aromatic carbocycles. The van der Waals surface area contributed by atoms with Crippen molar-refractivity contribution in [3.63, 3.8) is 0 Å². The average molecular weight is 329 g/mol. The highest BCUT2D eigenvalue weighted by molar-refractivity contribution is 9.10. The molecule has 0 unspecified atom stereocenters. The molecule has 1 aliphatic carbocycles. The highest BCUT2D eigenvalue weighted by atomic mass is 79.9. The maximum absolute atomic E-state index is 13.4. The first-order chi connectivity index (χ1) is 9.05. The molecule has 0 heterocycles. The molecule has 0 spiro atoms. The first kappa shape index (κ1) is 14.9. The zero-order chi connectivity index (χ0) is 13.9. The largest absolute Gasteiger partial charge is 0.311 e. The van der Waals surface area contributed by atoms with Gasteiger partial charge < -0.3 is 10.2 Å². The summed E-state index contributed by atoms with van der Waals surface area (Å²) in [5.41, 5.74) is 1.26. The topological polar surface area (TPSA) is 15.3 Å². The van der Waals surface area contributed by atoms with Crippen LogP contribution >= 0.6 is 15.9 Å². The van der Waals surface area contributed by atoms with Crippen molar-refractivity contribution in [2.24, 2.45) is 0 Å². The fourth-order valence-electron chi connectivity index (χ4n) is 2.93. The number of rotatable bonds is 5. The van der Waals surface area contributed by atoms with Crippen LogP contribution in [0.2, 0.25) is 0 Å². The van der Waals surface area contributed by atoms with E-state index in [0.29, 0.717) is 11.0 Å². The maximum atomic E-state index is 13.4. The van der Waals surface area contributed by atoms with Gasteiger partial charge in [0, 0.05) is 18.6 Å². The molecule has 1 N–H and O–H groups in total. The van der Waals surface area contributed by atoms with Gasteiger partial charge in [0.05, 0.1) is 4.47 Å². The minimum atomic E-state index is -0.192. The smallest absolute Gasteiger partial charge is 0.137 e. The fraction of sp³-hybridized carbons (Fsp3) is 0.600. The lowest BCUT2D eigenvalue weighted by Gasteiger charge is -2.36. The Morgan fingerprint density at radius 1 is 1.32 bits per heavy atom. The van der Waals surface area contributed by atoms with E-state index in [0.717, 1.165) is 12.1 Å². The van der Waals surface area contributed by atoms with Crippen molar-refractivity contribution < 1.29 is 4.39 Å². The molecule has 0 amide bonds. The standard InChI is InChI=1S/C15H22BrFN2/c1-19(2)15(8-3-4-9-15)11-18-10-12-6-5-7-13(17)14(12)16/h5-7,18H,3-4,8-11H2,1-2H3. The lowest BCUT2D eigenvalue weighted by Crippen LogP contribution is -2.49. The minimum Gasteiger partial charge on any atom is -0.311 e. The van der Waals surface area contributed by atoms with Crippen LogP contribution in [-0.2, 0) is 6.54 Å². The van der Waals surface area contributed by atoms with Gasteiger partial charge in [-0.1, -0.05) is 25.0 Å². The van der Waals surface area contributed by atoms with Crippen molar-refractivity contribution in [2.45, 2.75) is 37.8 Å². The van der Waals surface area contributed by atoms with E-state index in [1.54, 1.807) is 6.07 Å². The second kappa shape index (κ2) is 6.33. The molecule has 0 saturated heterocycles. The predicted molar refractivity (Wildman–Crippen MR) is 80.7 cm³/mol. The lowest BCUT2D eigenvalue weighted by atomic mass is 9.96. The molecule has 2 rings (SSSR count). The van der Waals surface area contributed by atoms with Gasteiger partial charge in [0.2, 0.25) is 0 Å². The van der Waals surface area contributed by atoms with Gasteiger partial charge in [0.25, 0.3) is 0 Å². The molecule has 0 radical (unpaired) electrons. The Morgan fingerprint density at radius 3 is 2.63 bits per heavy atom. The molecule has 106 valence electrons. The van der Waals surface area contributed by atoms with Crippen molar-refractivity contribution in [2.75, 3.05) is 20.6 Å². The van der Waals surface area contributed by atoms with Gasteiger partial charge in [-0.2, -0.15) is 0 Å². The van der Waals surface area contributed by atoms with Gasteiger partial charge in [-0.05, 0) is 54.5 Å². The molecule has 1 saturated carbocycles. The highest BCUT2D eigenvalue weighted by Gasteiger charge is 2.35. The Balaban J connectivity index is 1.94. The lowest BCUT2D eigenvalue weighted by molar-refractivity contribution is 0.153. The van der Waals surface area contributed by atoms with Gasteiger partial charge in [0.15, 0.2) is 0 Å². The third-order valence-electron chi connectivity index (χ3n) is 4.28. The summed E-state index contributed by atoms with van der Waals surface area (Å²) in [6, 6.07) is 5.19. The molecule has 0 atom stereocenters. The van der Waals surface area contributed by atoms with Crippen molar-refractivity contribution in [1.29, 1.82) is 0 Å². The fourth-order valence-corrected chi connectivity index (χ4v) is 3.33. The van der Waals surface area contributed by atoms with E-state index >= 15 is 0 Å². The van der Waals surface area contributed by atoms with E-state index in [4.69, 9.17) is 0 Å². The first-order valence-corrected chi connectivity index (χ1v) is 7.65. The number of likely N-dealkylation sites (N-methyl/N-ethyl adjacent to an activating group) is 1. The van der Waals surface area contributed by atoms with Crippen LogP contribution in [0.4, 0.5) is 4.39 Å². The predicted octanol–water partition coefficient (Wildman–Crippen LogP) is 3.55. The maximum Gasteiger partial charge on any atom is 0.137 e. The number of nitrogens with one attached hydrogen (secondary N) is 1. The minimum absolute atomic E-state index is 0.192. The average Bonchev–Trinajstić information content (AvgIpc) is 2.85. The zero-order valence-electron chi connectivity index (χ0n) is 11.7. The van der Waals surface area contributed by atoms with E-state index < -0.39 is 0 Å². The van der Waals surface area contributed by atoms with E-state index in [9.17, 15) is 4.39 Å². The number of halogens is 2. The third-order valence-corrected chi connectivity index (χ3v) is 5.17. The molecule has 0 bridgehead atoms. The van der Waals surface area contributed by atoms with Crippen molar-refractivity contribution in [3.8, 4) is 0 Å². The van der Waals surface area contributed by atoms with Gasteiger partial charge in [-0.25, -0.2) is 4.39 Å². The van der Waals surface area contributed by atoms with E-state index in [1.165, 1.54) is 31.7 Å². The van der Waals surface area contributed by atoms with Crippen LogP contribution in [0.1, 0.15) is 31.2 Å². The molecule has 0 aromatic heterocycles. The van der Waals surface area contributed by atoms with Crippen molar-refractivity contribution >= 4 is 15.9 Å². The molecular formula is C15H22BrFN2. The Kier molecular flexibility index (Phi) is 4.98. The molecule has 1 aliphatic rings. The van der Waals surface area contributed by atoms with Crippen LogP contribution in [0.15, 0.2) is 22.7 Å². The third kappa shape index (κ3) is 3.36. The SMILES string of the molecule is CN(C)C1(CNCc2cccc(F)c2Br)CCCC1. The molecular weight excluding hydrogens is 307 g/mol. The van der Waals surface area contributed by atoms with Crippen LogP contribution < -0.4 is 5.32 Å². The summed E-state index contributed by atoms with van der Waals surface area (Å²) in [4.78, 5) is 2.34. The van der Waals surface area contributed by atoms with Gasteiger partial charge in [0.1, 0.15) is 5.82 Å². The Labute approximate surface area is 123 Å². The quantitative estimate of drug-likeness (QED) is 0.889. The second-order valence-corrected chi connectivity index (χ2v) is 6.44. The number of benzene rings is 1. The summed E-state index contributed by atoms with van der Waals surface area (Å²) >= 11 is 3.31. The number of nitrogens with zero attached hydrogens (tertiary/aromatic N) is 1. The number of hydrogen-bond donors (Lipinski definition) is 1. The van der Waals surface area contributed by atoms with E-state index in [2.05, 4.69) is 40.2 Å². The summed E-state index contributed by atoms with van der Waals surface area (Å²) in [7, 11) is 4.32. The summed E-state index contributed by atoms with van der Waals surface area (Å²) in [6.07, 6.45) is 5.11. The zero-order valence-corrected chi connectivity index (χ0v) is 13.3. The molecule has 1 fully saturated rings. The van der Waals surface area contributed by atoms with Gasteiger partial charge >= 0.3 is 0 Å². The van der Waals surface area contributed by atoms with Crippen molar-refractivity contribution in [1.82, 2.24) is 10.2 Å². The van der Waals surface area contributed by atoms with Crippen molar-refractivity contribution in [3.05, 3.63) is 34.1 Å². The normalized spacial score (nSPS) is 18.2. The molecule has 1 aromatic rings. The van der Waals surface area contributed by atoms with E-state index in [1.807, 2.05) is 6.07 Å². The van der Waals surface area contributed by atoms with Crippen LogP contribution in [-0.4, -0.2) is 31.1 Å². The van der Waals surface area contributed by atoms with Crippen LogP contribution in [0, 0.1) is 5.82 Å². The summed E-state index contributed by atoms with van der Waals surface area (Å²) in [5, 5.41) is 3.50. The molecule has 4 heteroatoms. The molecule has 19 heavy (non-hydrogen) atoms. The Morgan fingerprint density at radius 2 is 2.00 bits per heavy atom. The van der Waals surface area contributed by atoms with E-state index in [-0.39, 0.29) is 11.4 Å². The van der Waals surface area contributed by atoms with Crippen LogP contribution in [0.3, 0.4) is 0 Å². The summed E-state index contributed by atoms with van der Waals surface area (Å²) < 4.78 is 14.0. The van der Waals surface area contributed by atoms with Gasteiger partial charge in [-0.15, -0.1) is 0 Å². The first-order valence-electron chi connectivity index (χ1n) is 6.86. The Bertz CT molecular complexity index is 428. The summed E-state index contributed by atoms with van der Waals surface area (Å²) in [6.45, 7) is 1.66. The molecule has 2 nitrogen and oxygen atoms in total.